The molecule has 1 aromatic heterocycles. The van der Waals surface area contributed by atoms with Crippen molar-refractivity contribution in [3.63, 3.8) is 0 Å². The van der Waals surface area contributed by atoms with Crippen LogP contribution in [-0.4, -0.2) is 30.6 Å². The van der Waals surface area contributed by atoms with Gasteiger partial charge in [0.15, 0.2) is 0 Å². The van der Waals surface area contributed by atoms with Gasteiger partial charge in [0.05, 0.1) is 24.4 Å². The summed E-state index contributed by atoms with van der Waals surface area (Å²) in [5.41, 5.74) is 0.711. The number of rotatable bonds is 4. The maximum absolute atomic E-state index is 12.0. The number of hydrogen-bond donors (Lipinski definition) is 2. The quantitative estimate of drug-likeness (QED) is 0.843. The van der Waals surface area contributed by atoms with Crippen LogP contribution in [0.15, 0.2) is 18.3 Å². The van der Waals surface area contributed by atoms with Crippen LogP contribution in [0.25, 0.3) is 0 Å². The van der Waals surface area contributed by atoms with Gasteiger partial charge in [0.25, 0.3) is 0 Å². The largest absolute Gasteiger partial charge is 0.478 e. The summed E-state index contributed by atoms with van der Waals surface area (Å²) in [5, 5.41) is 6.10. The highest BCUT2D eigenvalue weighted by atomic mass is 16.5. The Balaban J connectivity index is 1.94. The summed E-state index contributed by atoms with van der Waals surface area (Å²) in [6.07, 6.45) is 1.62. The molecule has 2 atom stereocenters. The first-order valence-corrected chi connectivity index (χ1v) is 6.31. The van der Waals surface area contributed by atoms with Crippen LogP contribution in [-0.2, 0) is 4.79 Å². The molecule has 1 fully saturated rings. The lowest BCUT2D eigenvalue weighted by Gasteiger charge is -2.14. The first kappa shape index (κ1) is 12.8. The van der Waals surface area contributed by atoms with Crippen molar-refractivity contribution >= 4 is 11.6 Å². The Hall–Kier alpha value is -1.62. The van der Waals surface area contributed by atoms with E-state index in [0.29, 0.717) is 24.1 Å². The molecule has 0 bridgehead atoms. The number of nitrogens with zero attached hydrogens (tertiary/aromatic N) is 1. The Morgan fingerprint density at radius 3 is 2.94 bits per heavy atom. The van der Waals surface area contributed by atoms with Gasteiger partial charge in [-0.15, -0.1) is 0 Å². The van der Waals surface area contributed by atoms with Crippen LogP contribution in [0, 0.1) is 11.8 Å². The zero-order valence-electron chi connectivity index (χ0n) is 10.8. The molecule has 1 saturated heterocycles. The van der Waals surface area contributed by atoms with Crippen molar-refractivity contribution in [1.82, 2.24) is 10.3 Å². The van der Waals surface area contributed by atoms with E-state index in [1.165, 1.54) is 0 Å². The smallest absolute Gasteiger partial charge is 0.229 e. The van der Waals surface area contributed by atoms with E-state index in [0.717, 1.165) is 13.1 Å². The molecule has 5 nitrogen and oxygen atoms in total. The molecular formula is C13H19N3O2. The van der Waals surface area contributed by atoms with Crippen LogP contribution in [0.2, 0.25) is 0 Å². The average molecular weight is 249 g/mol. The number of ether oxygens (including phenoxy) is 1. The monoisotopic (exact) mass is 249 g/mol. The third kappa shape index (κ3) is 2.98. The van der Waals surface area contributed by atoms with Crippen LogP contribution in [0.3, 0.4) is 0 Å². The molecule has 2 unspecified atom stereocenters. The second-order valence-electron chi connectivity index (χ2n) is 4.55. The molecule has 0 radical (unpaired) electrons. The Morgan fingerprint density at radius 2 is 2.39 bits per heavy atom. The fourth-order valence-corrected chi connectivity index (χ4v) is 2.08. The molecule has 1 aliphatic rings. The lowest BCUT2D eigenvalue weighted by atomic mass is 9.97. The minimum absolute atomic E-state index is 0.0385. The van der Waals surface area contributed by atoms with Crippen molar-refractivity contribution in [2.75, 3.05) is 25.0 Å². The average Bonchev–Trinajstić information content (AvgIpc) is 2.78. The molecule has 2 rings (SSSR count). The molecule has 1 aromatic rings. The molecule has 0 aliphatic carbocycles. The van der Waals surface area contributed by atoms with Crippen molar-refractivity contribution in [1.29, 1.82) is 0 Å². The van der Waals surface area contributed by atoms with E-state index >= 15 is 0 Å². The summed E-state index contributed by atoms with van der Waals surface area (Å²) in [6, 6.07) is 3.57. The molecule has 2 heterocycles. The minimum Gasteiger partial charge on any atom is -0.478 e. The topological polar surface area (TPSA) is 63.2 Å². The number of aromatic nitrogens is 1. The van der Waals surface area contributed by atoms with Crippen LogP contribution in [0.1, 0.15) is 13.8 Å². The summed E-state index contributed by atoms with van der Waals surface area (Å²) in [5.74, 6) is 1.04. The number of pyridine rings is 1. The first-order valence-electron chi connectivity index (χ1n) is 6.31. The number of amides is 1. The lowest BCUT2D eigenvalue weighted by Crippen LogP contribution is -2.27. The van der Waals surface area contributed by atoms with Crippen molar-refractivity contribution in [2.24, 2.45) is 11.8 Å². The summed E-state index contributed by atoms with van der Waals surface area (Å²) in [4.78, 5) is 16.1. The maximum Gasteiger partial charge on any atom is 0.229 e. The van der Waals surface area contributed by atoms with Gasteiger partial charge in [-0.05, 0) is 25.5 Å². The Morgan fingerprint density at radius 1 is 1.56 bits per heavy atom. The van der Waals surface area contributed by atoms with Crippen LogP contribution in [0.4, 0.5) is 5.69 Å². The molecule has 0 spiro atoms. The second-order valence-corrected chi connectivity index (χ2v) is 4.55. The minimum atomic E-state index is 0.0385. The molecule has 1 aliphatic heterocycles. The number of carbonyl (C=O) groups is 1. The normalized spacial score (nSPS) is 22.8. The molecule has 0 aromatic carbocycles. The van der Waals surface area contributed by atoms with E-state index in [2.05, 4.69) is 22.5 Å². The molecular weight excluding hydrogens is 230 g/mol. The summed E-state index contributed by atoms with van der Waals surface area (Å²) < 4.78 is 5.25. The highest BCUT2D eigenvalue weighted by Gasteiger charge is 2.29. The third-order valence-corrected chi connectivity index (χ3v) is 3.15. The van der Waals surface area contributed by atoms with E-state index in [1.54, 1.807) is 12.3 Å². The Bertz CT molecular complexity index is 405. The van der Waals surface area contributed by atoms with Crippen molar-refractivity contribution in [2.45, 2.75) is 13.8 Å². The highest BCUT2D eigenvalue weighted by Crippen LogP contribution is 2.19. The molecule has 2 N–H and O–H groups in total. The molecule has 0 saturated carbocycles. The first-order chi connectivity index (χ1) is 8.70. The van der Waals surface area contributed by atoms with E-state index in [9.17, 15) is 4.79 Å². The van der Waals surface area contributed by atoms with Gasteiger partial charge in [-0.1, -0.05) is 6.92 Å². The fourth-order valence-electron chi connectivity index (χ4n) is 2.08. The predicted octanol–water partition coefficient (Wildman–Crippen LogP) is 1.27. The fraction of sp³-hybridized carbons (Fsp3) is 0.538. The predicted molar refractivity (Wildman–Crippen MR) is 69.6 cm³/mol. The van der Waals surface area contributed by atoms with E-state index in [-0.39, 0.29) is 11.8 Å². The second kappa shape index (κ2) is 5.82. The van der Waals surface area contributed by atoms with Gasteiger partial charge >= 0.3 is 0 Å². The van der Waals surface area contributed by atoms with E-state index in [1.807, 2.05) is 13.0 Å². The standard InChI is InChI=1S/C13H19N3O2/c1-3-18-12-5-4-10(7-15-12)16-13(17)11-8-14-6-9(11)2/h4-5,7,9,11,14H,3,6,8H2,1-2H3,(H,16,17). The van der Waals surface area contributed by atoms with Gasteiger partial charge in [0.2, 0.25) is 11.8 Å². The summed E-state index contributed by atoms with van der Waals surface area (Å²) in [7, 11) is 0. The lowest BCUT2D eigenvalue weighted by molar-refractivity contribution is -0.120. The molecule has 98 valence electrons. The highest BCUT2D eigenvalue weighted by molar-refractivity contribution is 5.92. The van der Waals surface area contributed by atoms with Crippen LogP contribution in [0.5, 0.6) is 5.88 Å². The van der Waals surface area contributed by atoms with Crippen LogP contribution < -0.4 is 15.4 Å². The SMILES string of the molecule is CCOc1ccc(NC(=O)C2CNCC2C)cn1. The van der Waals surface area contributed by atoms with Gasteiger partial charge in [-0.2, -0.15) is 0 Å². The third-order valence-electron chi connectivity index (χ3n) is 3.15. The molecule has 5 heteroatoms. The Labute approximate surface area is 107 Å². The zero-order valence-corrected chi connectivity index (χ0v) is 10.8. The van der Waals surface area contributed by atoms with Crippen molar-refractivity contribution in [3.05, 3.63) is 18.3 Å². The van der Waals surface area contributed by atoms with Crippen molar-refractivity contribution in [3.8, 4) is 5.88 Å². The number of nitrogens with one attached hydrogen (secondary N) is 2. The number of anilines is 1. The summed E-state index contributed by atoms with van der Waals surface area (Å²) >= 11 is 0. The molecule has 1 amide bonds. The van der Waals surface area contributed by atoms with Gasteiger partial charge in [-0.25, -0.2) is 4.98 Å². The van der Waals surface area contributed by atoms with E-state index in [4.69, 9.17) is 4.74 Å². The Kier molecular flexibility index (Phi) is 4.15. The molecule has 18 heavy (non-hydrogen) atoms. The van der Waals surface area contributed by atoms with Crippen LogP contribution >= 0.6 is 0 Å². The maximum atomic E-state index is 12.0. The van der Waals surface area contributed by atoms with Gasteiger partial charge in [-0.3, -0.25) is 4.79 Å². The number of hydrogen-bond acceptors (Lipinski definition) is 4. The van der Waals surface area contributed by atoms with Gasteiger partial charge in [0.1, 0.15) is 0 Å². The van der Waals surface area contributed by atoms with Gasteiger partial charge < -0.3 is 15.4 Å². The summed E-state index contributed by atoms with van der Waals surface area (Å²) in [6.45, 7) is 6.23. The zero-order chi connectivity index (χ0) is 13.0. The van der Waals surface area contributed by atoms with Crippen molar-refractivity contribution < 1.29 is 9.53 Å². The van der Waals surface area contributed by atoms with E-state index < -0.39 is 0 Å². The van der Waals surface area contributed by atoms with Gasteiger partial charge in [0, 0.05) is 12.6 Å². The number of carbonyl (C=O) groups excluding carboxylic acids is 1.